The summed E-state index contributed by atoms with van der Waals surface area (Å²) in [5, 5.41) is 16.1. The summed E-state index contributed by atoms with van der Waals surface area (Å²) < 4.78 is 1.84. The summed E-state index contributed by atoms with van der Waals surface area (Å²) >= 11 is 25.2. The molecule has 174 valence electrons. The number of hydrogen-bond acceptors (Lipinski definition) is 5. The van der Waals surface area contributed by atoms with Crippen molar-refractivity contribution in [3.8, 4) is 0 Å². The molecule has 1 aromatic heterocycles. The van der Waals surface area contributed by atoms with Crippen molar-refractivity contribution in [2.45, 2.75) is 31.6 Å². The molecule has 0 aliphatic heterocycles. The smallest absolute Gasteiger partial charge is 0.251 e. The van der Waals surface area contributed by atoms with Crippen LogP contribution in [-0.4, -0.2) is 32.3 Å². The Hall–Kier alpha value is -1.97. The Labute approximate surface area is 215 Å². The van der Waals surface area contributed by atoms with E-state index in [-0.39, 0.29) is 17.6 Å². The van der Waals surface area contributed by atoms with E-state index >= 15 is 0 Å². The lowest BCUT2D eigenvalue weighted by Crippen LogP contribution is -2.28. The predicted molar refractivity (Wildman–Crippen MR) is 134 cm³/mol. The first-order valence-electron chi connectivity index (χ1n) is 9.76. The van der Waals surface area contributed by atoms with Gasteiger partial charge in [0.2, 0.25) is 5.91 Å². The van der Waals surface area contributed by atoms with Gasteiger partial charge in [0.1, 0.15) is 0 Å². The summed E-state index contributed by atoms with van der Waals surface area (Å²) in [5.74, 6) is 0.0630. The first-order chi connectivity index (χ1) is 15.7. The monoisotopic (exact) mass is 545 g/mol. The summed E-state index contributed by atoms with van der Waals surface area (Å²) in [5.41, 5.74) is 0.816. The van der Waals surface area contributed by atoms with E-state index in [0.29, 0.717) is 48.9 Å². The molecule has 12 heteroatoms. The number of carbonyl (C=O) groups excluding carboxylic acids is 2. The summed E-state index contributed by atoms with van der Waals surface area (Å²) in [6, 6.07) is 9.05. The minimum absolute atomic E-state index is 0.0883. The lowest BCUT2D eigenvalue weighted by molar-refractivity contribution is -0.113. The Morgan fingerprint density at radius 3 is 2.45 bits per heavy atom. The highest BCUT2D eigenvalue weighted by molar-refractivity contribution is 7.99. The number of amides is 2. The fourth-order valence-electron chi connectivity index (χ4n) is 2.92. The van der Waals surface area contributed by atoms with Crippen LogP contribution in [0.2, 0.25) is 20.1 Å². The Kier molecular flexibility index (Phi) is 8.89. The topological polar surface area (TPSA) is 88.9 Å². The SMILES string of the molecule is CCn1c(SCC(=O)Nc2cc(Cl)ccc2Cl)nnc1[C@@H](C)NC(=O)c1ccc(Cl)c(Cl)c1. The molecule has 2 amide bonds. The Bertz CT molecular complexity index is 1190. The van der Waals surface area contributed by atoms with Crippen LogP contribution < -0.4 is 10.6 Å². The highest BCUT2D eigenvalue weighted by Gasteiger charge is 2.20. The average Bonchev–Trinajstić information content (AvgIpc) is 3.19. The largest absolute Gasteiger partial charge is 0.342 e. The molecule has 0 aliphatic rings. The van der Waals surface area contributed by atoms with Crippen LogP contribution in [0.4, 0.5) is 5.69 Å². The molecule has 2 N–H and O–H groups in total. The van der Waals surface area contributed by atoms with Crippen LogP contribution in [0, 0.1) is 0 Å². The zero-order valence-corrected chi connectivity index (χ0v) is 21.4. The number of carbonyl (C=O) groups is 2. The van der Waals surface area contributed by atoms with Crippen LogP contribution in [0.25, 0.3) is 0 Å². The second kappa shape index (κ2) is 11.4. The normalized spacial score (nSPS) is 11.8. The molecule has 0 bridgehead atoms. The van der Waals surface area contributed by atoms with Crippen LogP contribution in [0.15, 0.2) is 41.6 Å². The van der Waals surface area contributed by atoms with E-state index in [1.54, 1.807) is 37.3 Å². The first-order valence-corrected chi connectivity index (χ1v) is 12.3. The molecule has 1 atom stereocenters. The van der Waals surface area contributed by atoms with Gasteiger partial charge in [0.15, 0.2) is 11.0 Å². The molecule has 2 aromatic carbocycles. The molecule has 7 nitrogen and oxygen atoms in total. The number of nitrogens with zero attached hydrogens (tertiary/aromatic N) is 3. The van der Waals surface area contributed by atoms with Crippen molar-refractivity contribution < 1.29 is 9.59 Å². The summed E-state index contributed by atoms with van der Waals surface area (Å²) in [6.07, 6.45) is 0. The second-order valence-corrected chi connectivity index (χ2v) is 9.47. The minimum atomic E-state index is -0.437. The maximum Gasteiger partial charge on any atom is 0.251 e. The van der Waals surface area contributed by atoms with Gasteiger partial charge in [-0.25, -0.2) is 0 Å². The quantitative estimate of drug-likeness (QED) is 0.331. The molecule has 0 fully saturated rings. The second-order valence-electron chi connectivity index (χ2n) is 6.87. The van der Waals surface area contributed by atoms with Crippen molar-refractivity contribution in [2.24, 2.45) is 0 Å². The molecule has 0 unspecified atom stereocenters. The zero-order valence-electron chi connectivity index (χ0n) is 17.5. The van der Waals surface area contributed by atoms with Crippen molar-refractivity contribution in [1.82, 2.24) is 20.1 Å². The van der Waals surface area contributed by atoms with Gasteiger partial charge in [0.05, 0.1) is 32.5 Å². The van der Waals surface area contributed by atoms with Crippen LogP contribution in [0.5, 0.6) is 0 Å². The van der Waals surface area contributed by atoms with Crippen LogP contribution in [-0.2, 0) is 11.3 Å². The van der Waals surface area contributed by atoms with Crippen molar-refractivity contribution in [1.29, 1.82) is 0 Å². The molecule has 0 aliphatic carbocycles. The van der Waals surface area contributed by atoms with E-state index in [2.05, 4.69) is 20.8 Å². The molecular weight excluding hydrogens is 528 g/mol. The highest BCUT2D eigenvalue weighted by atomic mass is 35.5. The Morgan fingerprint density at radius 2 is 1.76 bits per heavy atom. The number of nitrogens with one attached hydrogen (secondary N) is 2. The molecule has 33 heavy (non-hydrogen) atoms. The summed E-state index contributed by atoms with van der Waals surface area (Å²) in [4.78, 5) is 25.0. The zero-order chi connectivity index (χ0) is 24.1. The molecule has 3 rings (SSSR count). The number of benzene rings is 2. The maximum absolute atomic E-state index is 12.6. The van der Waals surface area contributed by atoms with E-state index in [1.807, 2.05) is 11.5 Å². The van der Waals surface area contributed by atoms with Gasteiger partial charge >= 0.3 is 0 Å². The van der Waals surface area contributed by atoms with Crippen LogP contribution in [0.1, 0.15) is 36.1 Å². The third-order valence-corrected chi connectivity index (χ3v) is 6.78. The molecule has 0 radical (unpaired) electrons. The van der Waals surface area contributed by atoms with Gasteiger partial charge < -0.3 is 15.2 Å². The predicted octanol–water partition coefficient (Wildman–Crippen LogP) is 6.13. The van der Waals surface area contributed by atoms with Gasteiger partial charge in [-0.2, -0.15) is 0 Å². The summed E-state index contributed by atoms with van der Waals surface area (Å²) in [6.45, 7) is 4.28. The van der Waals surface area contributed by atoms with Gasteiger partial charge in [0, 0.05) is 17.1 Å². The van der Waals surface area contributed by atoms with E-state index < -0.39 is 6.04 Å². The third kappa shape index (κ3) is 6.55. The number of thioether (sulfide) groups is 1. The standard InChI is InChI=1S/C21H19Cl4N5O2S/c1-3-30-19(11(2)26-20(32)12-4-6-14(23)16(25)8-12)28-29-21(30)33-10-18(31)27-17-9-13(22)5-7-15(17)24/h4-9,11H,3,10H2,1-2H3,(H,26,32)(H,27,31)/t11-/m1/s1. The number of anilines is 1. The number of aromatic nitrogens is 3. The van der Waals surface area contributed by atoms with Gasteiger partial charge in [0.25, 0.3) is 5.91 Å². The van der Waals surface area contributed by atoms with E-state index in [1.165, 1.54) is 17.8 Å². The lowest BCUT2D eigenvalue weighted by atomic mass is 10.2. The van der Waals surface area contributed by atoms with Crippen LogP contribution in [0.3, 0.4) is 0 Å². The van der Waals surface area contributed by atoms with Crippen LogP contribution >= 0.6 is 58.2 Å². The molecule has 0 saturated carbocycles. The number of rotatable bonds is 8. The Balaban J connectivity index is 1.65. The van der Waals surface area contributed by atoms with Crippen molar-refractivity contribution in [3.05, 3.63) is 67.9 Å². The molecular formula is C21H19Cl4N5O2S. The lowest BCUT2D eigenvalue weighted by Gasteiger charge is -2.15. The number of hydrogen-bond donors (Lipinski definition) is 2. The Morgan fingerprint density at radius 1 is 1.03 bits per heavy atom. The molecule has 3 aromatic rings. The van der Waals surface area contributed by atoms with E-state index in [9.17, 15) is 9.59 Å². The van der Waals surface area contributed by atoms with Gasteiger partial charge in [-0.3, -0.25) is 9.59 Å². The molecule has 0 spiro atoms. The van der Waals surface area contributed by atoms with Gasteiger partial charge in [-0.05, 0) is 50.2 Å². The van der Waals surface area contributed by atoms with Crippen molar-refractivity contribution >= 4 is 75.7 Å². The third-order valence-electron chi connectivity index (χ3n) is 4.51. The van der Waals surface area contributed by atoms with E-state index in [0.717, 1.165) is 0 Å². The molecule has 1 heterocycles. The maximum atomic E-state index is 12.6. The van der Waals surface area contributed by atoms with Gasteiger partial charge in [-0.1, -0.05) is 58.2 Å². The summed E-state index contributed by atoms with van der Waals surface area (Å²) in [7, 11) is 0. The number of halogens is 4. The van der Waals surface area contributed by atoms with E-state index in [4.69, 9.17) is 46.4 Å². The van der Waals surface area contributed by atoms with Gasteiger partial charge in [-0.15, -0.1) is 10.2 Å². The van der Waals surface area contributed by atoms with Crippen molar-refractivity contribution in [3.63, 3.8) is 0 Å². The first kappa shape index (κ1) is 25.6. The van der Waals surface area contributed by atoms with Crippen molar-refractivity contribution in [2.75, 3.05) is 11.1 Å². The fraction of sp³-hybridized carbons (Fsp3) is 0.238. The minimum Gasteiger partial charge on any atom is -0.342 e. The molecule has 0 saturated heterocycles. The average molecular weight is 547 g/mol. The highest BCUT2D eigenvalue weighted by Crippen LogP contribution is 2.27. The fourth-order valence-corrected chi connectivity index (χ4v) is 4.36.